The average molecular weight is 286 g/mol. The third-order valence-corrected chi connectivity index (χ3v) is 5.28. The third-order valence-electron chi connectivity index (χ3n) is 5.28. The first-order valence-electron chi connectivity index (χ1n) is 8.27. The van der Waals surface area contributed by atoms with Crippen LogP contribution in [-0.4, -0.2) is 29.9 Å². The highest BCUT2D eigenvalue weighted by Gasteiger charge is 2.41. The summed E-state index contributed by atoms with van der Waals surface area (Å²) in [7, 11) is 0. The molecule has 1 aromatic carbocycles. The van der Waals surface area contributed by atoms with Gasteiger partial charge in [0.15, 0.2) is 0 Å². The Bertz CT molecular complexity index is 479. The number of hydrogen-bond acceptors (Lipinski definition) is 2. The molecule has 0 radical (unpaired) electrons. The van der Waals surface area contributed by atoms with Crippen LogP contribution in [0.1, 0.15) is 44.1 Å². The highest BCUT2D eigenvalue weighted by molar-refractivity contribution is 5.82. The van der Waals surface area contributed by atoms with Crippen LogP contribution < -0.4 is 5.73 Å². The van der Waals surface area contributed by atoms with Crippen molar-refractivity contribution in [2.75, 3.05) is 13.1 Å². The summed E-state index contributed by atoms with van der Waals surface area (Å²) in [6.45, 7) is 1.84. The Labute approximate surface area is 127 Å². The first-order valence-corrected chi connectivity index (χ1v) is 8.27. The highest BCUT2D eigenvalue weighted by atomic mass is 16.2. The van der Waals surface area contributed by atoms with Crippen molar-refractivity contribution >= 4 is 5.91 Å². The van der Waals surface area contributed by atoms with Gasteiger partial charge in [0.25, 0.3) is 0 Å². The molecule has 1 spiro atoms. The van der Waals surface area contributed by atoms with Crippen molar-refractivity contribution in [3.05, 3.63) is 35.9 Å². The number of nitrogens with zero attached hydrogens (tertiary/aromatic N) is 1. The minimum atomic E-state index is -0.397. The maximum absolute atomic E-state index is 12.6. The second-order valence-electron chi connectivity index (χ2n) is 6.87. The van der Waals surface area contributed by atoms with E-state index in [1.165, 1.54) is 38.5 Å². The number of benzene rings is 1. The van der Waals surface area contributed by atoms with Gasteiger partial charge in [0.2, 0.25) is 5.91 Å². The molecule has 1 amide bonds. The maximum atomic E-state index is 12.6. The van der Waals surface area contributed by atoms with Gasteiger partial charge in [-0.05, 0) is 36.7 Å². The van der Waals surface area contributed by atoms with Gasteiger partial charge in [-0.25, -0.2) is 0 Å². The highest BCUT2D eigenvalue weighted by Crippen LogP contribution is 2.43. The molecule has 1 saturated heterocycles. The molecule has 1 heterocycles. The molecule has 3 nitrogen and oxygen atoms in total. The van der Waals surface area contributed by atoms with E-state index in [1.807, 2.05) is 35.2 Å². The summed E-state index contributed by atoms with van der Waals surface area (Å²) >= 11 is 0. The zero-order valence-electron chi connectivity index (χ0n) is 12.8. The molecule has 2 fully saturated rings. The normalized spacial score (nSPS) is 22.4. The van der Waals surface area contributed by atoms with Gasteiger partial charge in [-0.1, -0.05) is 49.6 Å². The molecular formula is C18H26N2O. The first-order chi connectivity index (χ1) is 10.2. The van der Waals surface area contributed by atoms with Gasteiger partial charge in [-0.2, -0.15) is 0 Å². The van der Waals surface area contributed by atoms with E-state index in [0.717, 1.165) is 18.7 Å². The van der Waals surface area contributed by atoms with Crippen LogP contribution in [0.2, 0.25) is 0 Å². The minimum absolute atomic E-state index is 0.140. The van der Waals surface area contributed by atoms with E-state index < -0.39 is 6.04 Å². The van der Waals surface area contributed by atoms with Crippen molar-refractivity contribution in [2.45, 2.75) is 51.0 Å². The smallest absolute Gasteiger partial charge is 0.239 e. The van der Waals surface area contributed by atoms with Crippen molar-refractivity contribution in [1.29, 1.82) is 0 Å². The Hall–Kier alpha value is -1.35. The van der Waals surface area contributed by atoms with Gasteiger partial charge < -0.3 is 10.6 Å². The summed E-state index contributed by atoms with van der Waals surface area (Å²) in [5, 5.41) is 0. The number of rotatable bonds is 3. The quantitative estimate of drug-likeness (QED) is 0.928. The lowest BCUT2D eigenvalue weighted by atomic mass is 9.73. The van der Waals surface area contributed by atoms with Crippen LogP contribution in [0.15, 0.2) is 30.3 Å². The fraction of sp³-hybridized carbons (Fsp3) is 0.611. The van der Waals surface area contributed by atoms with Gasteiger partial charge in [0.1, 0.15) is 0 Å². The SMILES string of the molecule is N[C@H](Cc1ccccc1)C(=O)N1CCC2(CCCCC2)C1. The van der Waals surface area contributed by atoms with Crippen LogP contribution in [0.3, 0.4) is 0 Å². The van der Waals surface area contributed by atoms with E-state index in [4.69, 9.17) is 5.73 Å². The Morgan fingerprint density at radius 2 is 1.86 bits per heavy atom. The van der Waals surface area contributed by atoms with E-state index in [-0.39, 0.29) is 5.91 Å². The van der Waals surface area contributed by atoms with Crippen LogP contribution in [0, 0.1) is 5.41 Å². The van der Waals surface area contributed by atoms with Crippen molar-refractivity contribution in [1.82, 2.24) is 4.90 Å². The molecule has 1 saturated carbocycles. The molecule has 0 bridgehead atoms. The number of hydrogen-bond donors (Lipinski definition) is 1. The van der Waals surface area contributed by atoms with Gasteiger partial charge in [-0.15, -0.1) is 0 Å². The summed E-state index contributed by atoms with van der Waals surface area (Å²) in [4.78, 5) is 14.6. The maximum Gasteiger partial charge on any atom is 0.239 e. The standard InChI is InChI=1S/C18H26N2O/c19-16(13-15-7-3-1-4-8-15)17(21)20-12-11-18(14-20)9-5-2-6-10-18/h1,3-4,7-8,16H,2,5-6,9-14,19H2/t16-/m1/s1. The molecule has 1 aliphatic heterocycles. The molecule has 114 valence electrons. The lowest BCUT2D eigenvalue weighted by Crippen LogP contribution is -2.44. The molecule has 2 N–H and O–H groups in total. The van der Waals surface area contributed by atoms with Crippen LogP contribution in [0.4, 0.5) is 0 Å². The van der Waals surface area contributed by atoms with Gasteiger partial charge >= 0.3 is 0 Å². The van der Waals surface area contributed by atoms with Gasteiger partial charge in [0.05, 0.1) is 6.04 Å². The number of carbonyl (C=O) groups is 1. The molecule has 3 heteroatoms. The molecule has 3 rings (SSSR count). The summed E-state index contributed by atoms with van der Waals surface area (Å²) in [6, 6.07) is 9.67. The predicted molar refractivity (Wildman–Crippen MR) is 84.8 cm³/mol. The molecule has 0 unspecified atom stereocenters. The summed E-state index contributed by atoms with van der Waals surface area (Å²) in [5.41, 5.74) is 7.72. The van der Waals surface area contributed by atoms with E-state index in [2.05, 4.69) is 0 Å². The third kappa shape index (κ3) is 3.29. The van der Waals surface area contributed by atoms with E-state index in [1.54, 1.807) is 0 Å². The van der Waals surface area contributed by atoms with Crippen molar-refractivity contribution in [2.24, 2.45) is 11.1 Å². The Kier molecular flexibility index (Phi) is 4.29. The van der Waals surface area contributed by atoms with Crippen molar-refractivity contribution < 1.29 is 4.79 Å². The topological polar surface area (TPSA) is 46.3 Å². The van der Waals surface area contributed by atoms with Crippen LogP contribution in [0.5, 0.6) is 0 Å². The minimum Gasteiger partial charge on any atom is -0.341 e. The average Bonchev–Trinajstić information content (AvgIpc) is 2.92. The lowest BCUT2D eigenvalue weighted by Gasteiger charge is -2.33. The Balaban J connectivity index is 1.58. The van der Waals surface area contributed by atoms with Crippen LogP contribution in [0.25, 0.3) is 0 Å². The Morgan fingerprint density at radius 3 is 2.57 bits per heavy atom. The summed E-state index contributed by atoms with van der Waals surface area (Å²) in [6.07, 6.45) is 8.44. The number of likely N-dealkylation sites (tertiary alicyclic amines) is 1. The molecule has 21 heavy (non-hydrogen) atoms. The van der Waals surface area contributed by atoms with Crippen molar-refractivity contribution in [3.63, 3.8) is 0 Å². The molecule has 1 atom stereocenters. The monoisotopic (exact) mass is 286 g/mol. The summed E-state index contributed by atoms with van der Waals surface area (Å²) in [5.74, 6) is 0.140. The molecule has 1 aliphatic carbocycles. The number of carbonyl (C=O) groups excluding carboxylic acids is 1. The fourth-order valence-corrected chi connectivity index (χ4v) is 4.02. The van der Waals surface area contributed by atoms with Crippen molar-refractivity contribution in [3.8, 4) is 0 Å². The first kappa shape index (κ1) is 14.6. The predicted octanol–water partition coefficient (Wildman–Crippen LogP) is 2.74. The summed E-state index contributed by atoms with van der Waals surface area (Å²) < 4.78 is 0. The zero-order valence-corrected chi connectivity index (χ0v) is 12.8. The lowest BCUT2D eigenvalue weighted by molar-refractivity contribution is -0.132. The number of nitrogens with two attached hydrogens (primary N) is 1. The van der Waals surface area contributed by atoms with E-state index >= 15 is 0 Å². The van der Waals surface area contributed by atoms with E-state index in [0.29, 0.717) is 11.8 Å². The fourth-order valence-electron chi connectivity index (χ4n) is 4.02. The Morgan fingerprint density at radius 1 is 1.14 bits per heavy atom. The molecule has 2 aliphatic rings. The second-order valence-corrected chi connectivity index (χ2v) is 6.87. The molecule has 0 aromatic heterocycles. The molecule has 1 aromatic rings. The van der Waals surface area contributed by atoms with Gasteiger partial charge in [-0.3, -0.25) is 4.79 Å². The van der Waals surface area contributed by atoms with E-state index in [9.17, 15) is 4.79 Å². The largest absolute Gasteiger partial charge is 0.341 e. The number of amides is 1. The molecular weight excluding hydrogens is 260 g/mol. The second kappa shape index (κ2) is 6.18. The zero-order chi connectivity index (χ0) is 14.7. The van der Waals surface area contributed by atoms with Crippen LogP contribution >= 0.6 is 0 Å². The van der Waals surface area contributed by atoms with Crippen LogP contribution in [-0.2, 0) is 11.2 Å². The van der Waals surface area contributed by atoms with Gasteiger partial charge in [0, 0.05) is 13.1 Å².